The highest BCUT2D eigenvalue weighted by molar-refractivity contribution is 5.40. The lowest BCUT2D eigenvalue weighted by atomic mass is 10.1. The predicted molar refractivity (Wildman–Crippen MR) is 67.0 cm³/mol. The van der Waals surface area contributed by atoms with Gasteiger partial charge in [0.05, 0.1) is 6.61 Å². The molecule has 0 unspecified atom stereocenters. The zero-order chi connectivity index (χ0) is 12.0. The van der Waals surface area contributed by atoms with Gasteiger partial charge in [-0.05, 0) is 37.0 Å². The Hall–Kier alpha value is -1.44. The van der Waals surface area contributed by atoms with Crippen molar-refractivity contribution >= 4 is 0 Å². The summed E-state index contributed by atoms with van der Waals surface area (Å²) in [4.78, 5) is 0. The maximum atomic E-state index is 9.58. The second-order valence-electron chi connectivity index (χ2n) is 4.31. The van der Waals surface area contributed by atoms with E-state index in [2.05, 4.69) is 20.4 Å². The van der Waals surface area contributed by atoms with Gasteiger partial charge in [-0.15, -0.1) is 6.58 Å². The van der Waals surface area contributed by atoms with E-state index in [1.807, 2.05) is 6.07 Å². The first-order chi connectivity index (χ1) is 7.63. The molecule has 1 aromatic rings. The third kappa shape index (κ3) is 3.97. The molecule has 2 heteroatoms. The monoisotopic (exact) mass is 220 g/mol. The van der Waals surface area contributed by atoms with E-state index in [0.717, 1.165) is 24.3 Å². The van der Waals surface area contributed by atoms with Crippen molar-refractivity contribution in [2.45, 2.75) is 26.7 Å². The molecule has 1 rings (SSSR count). The van der Waals surface area contributed by atoms with Crippen molar-refractivity contribution in [3.63, 3.8) is 0 Å². The van der Waals surface area contributed by atoms with Crippen molar-refractivity contribution in [2.24, 2.45) is 5.92 Å². The highest BCUT2D eigenvalue weighted by Gasteiger charge is 2.02. The number of phenolic OH excluding ortho intramolecular Hbond substituents is 1. The van der Waals surface area contributed by atoms with Crippen LogP contribution in [-0.2, 0) is 6.42 Å². The van der Waals surface area contributed by atoms with Crippen molar-refractivity contribution in [1.82, 2.24) is 0 Å². The average Bonchev–Trinajstić information content (AvgIpc) is 2.22. The largest absolute Gasteiger partial charge is 0.508 e. The lowest BCUT2D eigenvalue weighted by Crippen LogP contribution is -2.01. The lowest BCUT2D eigenvalue weighted by molar-refractivity contribution is 0.289. The molecule has 0 aliphatic carbocycles. The van der Waals surface area contributed by atoms with Crippen LogP contribution in [0.15, 0.2) is 30.9 Å². The molecule has 0 bridgehead atoms. The quantitative estimate of drug-likeness (QED) is 0.743. The van der Waals surface area contributed by atoms with Gasteiger partial charge in [-0.25, -0.2) is 0 Å². The minimum Gasteiger partial charge on any atom is -0.508 e. The van der Waals surface area contributed by atoms with Crippen LogP contribution in [0.2, 0.25) is 0 Å². The number of phenols is 1. The van der Waals surface area contributed by atoms with Gasteiger partial charge in [-0.3, -0.25) is 0 Å². The summed E-state index contributed by atoms with van der Waals surface area (Å²) in [5.41, 5.74) is 0.858. The summed E-state index contributed by atoms with van der Waals surface area (Å²) in [6.07, 6.45) is 3.47. The molecule has 0 amide bonds. The summed E-state index contributed by atoms with van der Waals surface area (Å²) in [7, 11) is 0. The van der Waals surface area contributed by atoms with Crippen LogP contribution in [-0.4, -0.2) is 11.7 Å². The minimum absolute atomic E-state index is 0.302. The summed E-state index contributed by atoms with van der Waals surface area (Å²) >= 11 is 0. The number of ether oxygens (including phenoxy) is 1. The molecule has 0 heterocycles. The fraction of sp³-hybridized carbons (Fsp3) is 0.429. The second-order valence-corrected chi connectivity index (χ2v) is 4.31. The molecule has 16 heavy (non-hydrogen) atoms. The Morgan fingerprint density at radius 1 is 1.44 bits per heavy atom. The van der Waals surface area contributed by atoms with Gasteiger partial charge >= 0.3 is 0 Å². The Balaban J connectivity index is 2.60. The Kier molecular flexibility index (Phi) is 4.90. The number of rotatable bonds is 6. The van der Waals surface area contributed by atoms with Crippen LogP contribution < -0.4 is 4.74 Å². The molecule has 0 radical (unpaired) electrons. The van der Waals surface area contributed by atoms with Crippen LogP contribution in [0.25, 0.3) is 0 Å². The molecule has 88 valence electrons. The van der Waals surface area contributed by atoms with Crippen molar-refractivity contribution in [2.75, 3.05) is 6.61 Å². The molecule has 2 nitrogen and oxygen atoms in total. The van der Waals surface area contributed by atoms with Gasteiger partial charge in [-0.2, -0.15) is 0 Å². The summed E-state index contributed by atoms with van der Waals surface area (Å²) in [6, 6.07) is 5.34. The van der Waals surface area contributed by atoms with Gasteiger partial charge in [0.1, 0.15) is 11.5 Å². The number of aromatic hydroxyl groups is 1. The van der Waals surface area contributed by atoms with Gasteiger partial charge in [0, 0.05) is 5.56 Å². The molecule has 1 aromatic carbocycles. The zero-order valence-corrected chi connectivity index (χ0v) is 10.1. The first kappa shape index (κ1) is 12.6. The average molecular weight is 220 g/mol. The SMILES string of the molecule is C=CCc1cc(OCCC(C)C)ccc1O. The van der Waals surface area contributed by atoms with Gasteiger partial charge < -0.3 is 9.84 Å². The molecular formula is C14H20O2. The molecule has 0 spiro atoms. The van der Waals surface area contributed by atoms with Crippen molar-refractivity contribution < 1.29 is 9.84 Å². The minimum atomic E-state index is 0.302. The van der Waals surface area contributed by atoms with E-state index in [1.54, 1.807) is 18.2 Å². The lowest BCUT2D eigenvalue weighted by Gasteiger charge is -2.10. The highest BCUT2D eigenvalue weighted by atomic mass is 16.5. The topological polar surface area (TPSA) is 29.5 Å². The maximum Gasteiger partial charge on any atom is 0.119 e. The second kappa shape index (κ2) is 6.21. The van der Waals surface area contributed by atoms with E-state index in [4.69, 9.17) is 4.74 Å². The van der Waals surface area contributed by atoms with E-state index in [-0.39, 0.29) is 0 Å². The van der Waals surface area contributed by atoms with E-state index < -0.39 is 0 Å². The van der Waals surface area contributed by atoms with Crippen LogP contribution in [0, 0.1) is 5.92 Å². The molecule has 0 fully saturated rings. The van der Waals surface area contributed by atoms with Crippen LogP contribution in [0.4, 0.5) is 0 Å². The fourth-order valence-corrected chi connectivity index (χ4v) is 1.38. The highest BCUT2D eigenvalue weighted by Crippen LogP contribution is 2.23. The number of hydrogen-bond acceptors (Lipinski definition) is 2. The van der Waals surface area contributed by atoms with Gasteiger partial charge in [0.15, 0.2) is 0 Å². The summed E-state index contributed by atoms with van der Waals surface area (Å²) in [6.45, 7) is 8.72. The van der Waals surface area contributed by atoms with E-state index in [1.165, 1.54) is 0 Å². The van der Waals surface area contributed by atoms with Gasteiger partial charge in [-0.1, -0.05) is 19.9 Å². The smallest absolute Gasteiger partial charge is 0.119 e. The Morgan fingerprint density at radius 3 is 2.81 bits per heavy atom. The van der Waals surface area contributed by atoms with Gasteiger partial charge in [0.2, 0.25) is 0 Å². The third-order valence-electron chi connectivity index (χ3n) is 2.38. The fourth-order valence-electron chi connectivity index (χ4n) is 1.38. The Morgan fingerprint density at radius 2 is 2.19 bits per heavy atom. The molecule has 0 aliphatic heterocycles. The molecule has 0 saturated heterocycles. The molecule has 0 aromatic heterocycles. The van der Waals surface area contributed by atoms with Gasteiger partial charge in [0.25, 0.3) is 0 Å². The van der Waals surface area contributed by atoms with Crippen LogP contribution >= 0.6 is 0 Å². The van der Waals surface area contributed by atoms with E-state index in [0.29, 0.717) is 18.1 Å². The van der Waals surface area contributed by atoms with Crippen LogP contribution in [0.1, 0.15) is 25.8 Å². The molecule has 0 atom stereocenters. The Bertz CT molecular complexity index is 343. The molecule has 0 aliphatic rings. The Labute approximate surface area is 97.6 Å². The normalized spacial score (nSPS) is 10.4. The first-order valence-electron chi connectivity index (χ1n) is 5.69. The van der Waals surface area contributed by atoms with E-state index >= 15 is 0 Å². The molecular weight excluding hydrogens is 200 g/mol. The summed E-state index contributed by atoms with van der Waals surface area (Å²) in [5, 5.41) is 9.58. The number of hydrogen-bond donors (Lipinski definition) is 1. The van der Waals surface area contributed by atoms with Crippen LogP contribution in [0.3, 0.4) is 0 Å². The van der Waals surface area contributed by atoms with Crippen molar-refractivity contribution in [1.29, 1.82) is 0 Å². The first-order valence-corrected chi connectivity index (χ1v) is 5.69. The van der Waals surface area contributed by atoms with Crippen molar-refractivity contribution in [3.8, 4) is 11.5 Å². The summed E-state index contributed by atoms with van der Waals surface area (Å²) < 4.78 is 5.61. The zero-order valence-electron chi connectivity index (χ0n) is 10.1. The summed E-state index contributed by atoms with van der Waals surface area (Å²) in [5.74, 6) is 1.76. The maximum absolute atomic E-state index is 9.58. The molecule has 0 saturated carbocycles. The standard InChI is InChI=1S/C14H20O2/c1-4-5-12-10-13(6-7-14(12)15)16-9-8-11(2)3/h4,6-7,10-11,15H,1,5,8-9H2,2-3H3. The van der Waals surface area contributed by atoms with E-state index in [9.17, 15) is 5.11 Å². The molecule has 1 N–H and O–H groups in total. The van der Waals surface area contributed by atoms with Crippen molar-refractivity contribution in [3.05, 3.63) is 36.4 Å². The predicted octanol–water partition coefficient (Wildman–Crippen LogP) is 3.55. The number of benzene rings is 1. The van der Waals surface area contributed by atoms with Crippen LogP contribution in [0.5, 0.6) is 11.5 Å². The third-order valence-corrected chi connectivity index (χ3v) is 2.38. The number of allylic oxidation sites excluding steroid dienone is 1.